The molecule has 0 radical (unpaired) electrons. The van der Waals surface area contributed by atoms with E-state index in [9.17, 15) is 19.1 Å². The summed E-state index contributed by atoms with van der Waals surface area (Å²) < 4.78 is 26.4. The van der Waals surface area contributed by atoms with E-state index in [0.717, 1.165) is 24.2 Å². The van der Waals surface area contributed by atoms with E-state index >= 15 is 0 Å². The molecule has 2 heterocycles. The Morgan fingerprint density at radius 2 is 1.70 bits per heavy atom. The molecule has 1 unspecified atom stereocenters. The number of hydrogen-bond donors (Lipinski definition) is 1. The first-order valence-electron chi connectivity index (χ1n) is 13.9. The summed E-state index contributed by atoms with van der Waals surface area (Å²) in [6.45, 7) is 2.57. The highest BCUT2D eigenvalue weighted by Gasteiger charge is 2.48. The highest BCUT2D eigenvalue weighted by molar-refractivity contribution is 7.22. The maximum Gasteiger partial charge on any atom is 0.301 e. The number of amides is 1. The smallest absolute Gasteiger partial charge is 0.301 e. The number of Topliss-reactive ketones (excluding diaryl/α,β-unsaturated/α-hetero) is 1. The Kier molecular flexibility index (Phi) is 7.89. The average molecular weight is 595 g/mol. The van der Waals surface area contributed by atoms with E-state index in [2.05, 4.69) is 11.9 Å². The van der Waals surface area contributed by atoms with Crippen LogP contribution in [0.2, 0.25) is 0 Å². The Hall–Kier alpha value is -5.02. The zero-order valence-corrected chi connectivity index (χ0v) is 24.0. The number of carbonyl (C=O) groups is 2. The van der Waals surface area contributed by atoms with Gasteiger partial charge in [0.2, 0.25) is 0 Å². The number of ketones is 1. The van der Waals surface area contributed by atoms with Gasteiger partial charge in [0.05, 0.1) is 28.4 Å². The van der Waals surface area contributed by atoms with Crippen LogP contribution < -0.4 is 14.4 Å². The van der Waals surface area contributed by atoms with Crippen LogP contribution in [0.3, 0.4) is 0 Å². The first kappa shape index (κ1) is 28.1. The minimum atomic E-state index is -1.03. The van der Waals surface area contributed by atoms with Crippen LogP contribution in [-0.4, -0.2) is 28.4 Å². The molecule has 1 atom stereocenters. The number of para-hydroxylation sites is 1. The van der Waals surface area contributed by atoms with Gasteiger partial charge in [0.25, 0.3) is 5.78 Å². The van der Waals surface area contributed by atoms with E-state index in [0.29, 0.717) is 45.2 Å². The lowest BCUT2D eigenvalue weighted by molar-refractivity contribution is -0.132. The maximum atomic E-state index is 14.0. The third-order valence-electron chi connectivity index (χ3n) is 7.02. The first-order chi connectivity index (χ1) is 20.9. The van der Waals surface area contributed by atoms with Gasteiger partial charge in [-0.3, -0.25) is 14.5 Å². The first-order valence-corrected chi connectivity index (χ1v) is 14.7. The van der Waals surface area contributed by atoms with Gasteiger partial charge in [0.1, 0.15) is 28.8 Å². The number of ether oxygens (including phenoxy) is 2. The van der Waals surface area contributed by atoms with Gasteiger partial charge in [0.15, 0.2) is 5.13 Å². The summed E-state index contributed by atoms with van der Waals surface area (Å²) in [4.78, 5) is 33.2. The molecule has 6 rings (SSSR count). The number of thiazole rings is 1. The van der Waals surface area contributed by atoms with Gasteiger partial charge in [0, 0.05) is 5.56 Å². The molecule has 0 bridgehead atoms. The van der Waals surface area contributed by atoms with E-state index in [-0.39, 0.29) is 16.5 Å². The molecule has 1 saturated heterocycles. The Labute approximate surface area is 251 Å². The Balaban J connectivity index is 1.48. The molecule has 1 N–H and O–H groups in total. The lowest BCUT2D eigenvalue weighted by atomic mass is 9.95. The number of aromatic nitrogens is 1. The highest BCUT2D eigenvalue weighted by Crippen LogP contribution is 2.45. The monoisotopic (exact) mass is 594 g/mol. The molecule has 1 aromatic heterocycles. The largest absolute Gasteiger partial charge is 0.507 e. The molecule has 216 valence electrons. The van der Waals surface area contributed by atoms with Crippen LogP contribution in [0.25, 0.3) is 16.0 Å². The second-order valence-electron chi connectivity index (χ2n) is 10.00. The number of benzene rings is 4. The van der Waals surface area contributed by atoms with Crippen LogP contribution in [0.4, 0.5) is 9.52 Å². The second-order valence-corrected chi connectivity index (χ2v) is 11.0. The number of nitrogens with zero attached hydrogens (tertiary/aromatic N) is 2. The number of anilines is 1. The van der Waals surface area contributed by atoms with Crippen molar-refractivity contribution in [2.45, 2.75) is 25.8 Å². The lowest BCUT2D eigenvalue weighted by Gasteiger charge is -2.23. The predicted octanol–water partition coefficient (Wildman–Crippen LogP) is 8.03. The van der Waals surface area contributed by atoms with Crippen molar-refractivity contribution in [3.8, 4) is 17.2 Å². The number of fused-ring (bicyclic) bond motifs is 1. The summed E-state index contributed by atoms with van der Waals surface area (Å²) in [5, 5.41) is 11.8. The third-order valence-corrected chi connectivity index (χ3v) is 8.03. The second kappa shape index (κ2) is 12.1. The van der Waals surface area contributed by atoms with Crippen LogP contribution in [-0.2, 0) is 9.59 Å². The topological polar surface area (TPSA) is 89.0 Å². The molecule has 0 aliphatic carbocycles. The fraction of sp³-hybridized carbons (Fsp3) is 0.147. The fourth-order valence-corrected chi connectivity index (χ4v) is 5.95. The maximum absolute atomic E-state index is 14.0. The quantitative estimate of drug-likeness (QED) is 0.0804. The lowest BCUT2D eigenvalue weighted by Crippen LogP contribution is -2.29. The molecule has 0 saturated carbocycles. The summed E-state index contributed by atoms with van der Waals surface area (Å²) in [6.07, 6.45) is 1.84. The van der Waals surface area contributed by atoms with Gasteiger partial charge in [-0.05, 0) is 66.6 Å². The zero-order chi connectivity index (χ0) is 29.9. The van der Waals surface area contributed by atoms with E-state index in [1.54, 1.807) is 48.5 Å². The van der Waals surface area contributed by atoms with Crippen molar-refractivity contribution in [3.63, 3.8) is 0 Å². The van der Waals surface area contributed by atoms with Gasteiger partial charge < -0.3 is 14.6 Å². The molecule has 9 heteroatoms. The van der Waals surface area contributed by atoms with Crippen molar-refractivity contribution < 1.29 is 28.6 Å². The number of aliphatic hydroxyl groups is 1. The highest BCUT2D eigenvalue weighted by atomic mass is 32.1. The number of unbranched alkanes of at least 4 members (excludes halogenated alkanes) is 1. The average Bonchev–Trinajstić information content (AvgIpc) is 3.55. The molecular weight excluding hydrogens is 567 g/mol. The molecule has 1 aliphatic heterocycles. The summed E-state index contributed by atoms with van der Waals surface area (Å²) in [6, 6.07) is 26.1. The van der Waals surface area contributed by atoms with Crippen molar-refractivity contribution in [2.75, 3.05) is 11.5 Å². The summed E-state index contributed by atoms with van der Waals surface area (Å²) in [5.41, 5.74) is 1.24. The van der Waals surface area contributed by atoms with Crippen LogP contribution >= 0.6 is 11.3 Å². The van der Waals surface area contributed by atoms with Gasteiger partial charge in [-0.15, -0.1) is 0 Å². The molecule has 43 heavy (non-hydrogen) atoms. The van der Waals surface area contributed by atoms with E-state index in [4.69, 9.17) is 9.47 Å². The molecule has 4 aromatic carbocycles. The molecule has 5 aromatic rings. The minimum absolute atomic E-state index is 0.0991. The Morgan fingerprint density at radius 3 is 2.51 bits per heavy atom. The van der Waals surface area contributed by atoms with Crippen molar-refractivity contribution >= 4 is 44.1 Å². The minimum Gasteiger partial charge on any atom is -0.507 e. The predicted molar refractivity (Wildman–Crippen MR) is 164 cm³/mol. The number of aliphatic hydroxyl groups excluding tert-OH is 1. The molecule has 1 fully saturated rings. The molecular formula is C34H27FN2O5S. The SMILES string of the molecule is CCCCOc1cccc(C(O)=C2C(=O)C(=O)N(c3nc4ccc(F)cc4s3)C2c2cccc(Oc3ccccc3)c2)c1. The van der Waals surface area contributed by atoms with Crippen LogP contribution in [0.1, 0.15) is 36.9 Å². The summed E-state index contributed by atoms with van der Waals surface area (Å²) in [7, 11) is 0. The van der Waals surface area contributed by atoms with E-state index in [1.165, 1.54) is 23.1 Å². The van der Waals surface area contributed by atoms with Crippen molar-refractivity contribution in [3.05, 3.63) is 120 Å². The molecule has 0 spiro atoms. The third kappa shape index (κ3) is 5.72. The van der Waals surface area contributed by atoms with Gasteiger partial charge in [-0.25, -0.2) is 9.37 Å². The summed E-state index contributed by atoms with van der Waals surface area (Å²) in [5.74, 6) is -0.861. The Morgan fingerprint density at radius 1 is 0.930 bits per heavy atom. The van der Waals surface area contributed by atoms with Crippen molar-refractivity contribution in [2.24, 2.45) is 0 Å². The van der Waals surface area contributed by atoms with Crippen LogP contribution in [0.5, 0.6) is 17.2 Å². The van der Waals surface area contributed by atoms with Gasteiger partial charge in [-0.1, -0.05) is 67.1 Å². The Bertz CT molecular complexity index is 1850. The van der Waals surface area contributed by atoms with Crippen molar-refractivity contribution in [1.82, 2.24) is 4.98 Å². The number of rotatable bonds is 9. The van der Waals surface area contributed by atoms with Crippen molar-refractivity contribution in [1.29, 1.82) is 0 Å². The summed E-state index contributed by atoms with van der Waals surface area (Å²) >= 11 is 1.09. The van der Waals surface area contributed by atoms with Crippen LogP contribution in [0, 0.1) is 5.82 Å². The molecule has 1 aliphatic rings. The molecule has 1 amide bonds. The number of carbonyl (C=O) groups excluding carboxylic acids is 2. The van der Waals surface area contributed by atoms with Crippen LogP contribution in [0.15, 0.2) is 103 Å². The normalized spacial score (nSPS) is 16.1. The standard InChI is InChI=1S/C34H27FN2O5S/c1-2-3-17-41-25-13-8-10-22(19-25)31(38)29-30(21-9-7-14-26(18-21)42-24-11-5-4-6-12-24)37(33(40)32(29)39)34-36-27-16-15-23(35)20-28(27)43-34/h4-16,18-20,30,38H,2-3,17H2,1H3. The molecule has 7 nitrogen and oxygen atoms in total. The van der Waals surface area contributed by atoms with Gasteiger partial charge >= 0.3 is 5.91 Å². The number of halogens is 1. The number of hydrogen-bond acceptors (Lipinski definition) is 7. The van der Waals surface area contributed by atoms with E-state index < -0.39 is 23.5 Å². The zero-order valence-electron chi connectivity index (χ0n) is 23.2. The van der Waals surface area contributed by atoms with Gasteiger partial charge in [-0.2, -0.15) is 0 Å². The fourth-order valence-electron chi connectivity index (χ4n) is 4.93. The van der Waals surface area contributed by atoms with E-state index in [1.807, 2.05) is 30.3 Å².